The summed E-state index contributed by atoms with van der Waals surface area (Å²) in [5.74, 6) is 3.20. The molecule has 0 saturated carbocycles. The number of aromatic nitrogens is 2. The molecule has 3 aliphatic heterocycles. The van der Waals surface area contributed by atoms with E-state index in [1.165, 1.54) is 45.3 Å². The fraction of sp³-hybridized carbons (Fsp3) is 0.619. The molecule has 1 aromatic carbocycles. The van der Waals surface area contributed by atoms with Gasteiger partial charge in [-0.1, -0.05) is 29.4 Å². The third-order valence-corrected chi connectivity index (χ3v) is 7.07. The van der Waals surface area contributed by atoms with Gasteiger partial charge in [0.1, 0.15) is 0 Å². The Morgan fingerprint density at radius 1 is 1.07 bits per heavy atom. The van der Waals surface area contributed by atoms with Crippen LogP contribution in [0.15, 0.2) is 28.8 Å². The summed E-state index contributed by atoms with van der Waals surface area (Å²) in [7, 11) is 0. The van der Waals surface area contributed by atoms with Crippen molar-refractivity contribution in [2.75, 3.05) is 25.9 Å². The summed E-state index contributed by atoms with van der Waals surface area (Å²) >= 11 is 1.73. The second-order valence-corrected chi connectivity index (χ2v) is 9.21. The molecule has 0 unspecified atom stereocenters. The maximum atomic E-state index is 5.51. The molecule has 0 radical (unpaired) electrons. The molecule has 1 aliphatic carbocycles. The molecule has 0 spiro atoms. The SMILES string of the molecule is CSCc1noc(CN2C[C@H]3CC[C@@H]2CN(C2Cc4ccccc4C2)C3)n1. The Kier molecular flexibility index (Phi) is 4.96. The molecule has 3 fully saturated rings. The molecule has 2 aromatic rings. The third-order valence-electron chi connectivity index (χ3n) is 6.52. The molecule has 0 amide bonds. The topological polar surface area (TPSA) is 45.4 Å². The third kappa shape index (κ3) is 3.67. The quantitative estimate of drug-likeness (QED) is 0.790. The van der Waals surface area contributed by atoms with Gasteiger partial charge in [0.25, 0.3) is 0 Å². The zero-order chi connectivity index (χ0) is 18.2. The average Bonchev–Trinajstić information content (AvgIpc) is 3.20. The highest BCUT2D eigenvalue weighted by Gasteiger charge is 2.38. The molecule has 4 aliphatic rings. The molecular weight excluding hydrogens is 356 g/mol. The van der Waals surface area contributed by atoms with Crippen LogP contribution in [0.3, 0.4) is 0 Å². The number of nitrogens with zero attached hydrogens (tertiary/aromatic N) is 4. The van der Waals surface area contributed by atoms with E-state index in [4.69, 9.17) is 4.52 Å². The van der Waals surface area contributed by atoms with Crippen LogP contribution >= 0.6 is 11.8 Å². The van der Waals surface area contributed by atoms with Gasteiger partial charge in [0.15, 0.2) is 5.82 Å². The minimum Gasteiger partial charge on any atom is -0.338 e. The van der Waals surface area contributed by atoms with Crippen LogP contribution in [0, 0.1) is 5.92 Å². The Balaban J connectivity index is 1.26. The van der Waals surface area contributed by atoms with Crippen molar-refractivity contribution in [1.82, 2.24) is 19.9 Å². The Morgan fingerprint density at radius 3 is 2.67 bits per heavy atom. The Morgan fingerprint density at radius 2 is 1.89 bits per heavy atom. The molecule has 144 valence electrons. The van der Waals surface area contributed by atoms with Gasteiger partial charge in [0.05, 0.1) is 12.3 Å². The summed E-state index contributed by atoms with van der Waals surface area (Å²) < 4.78 is 5.51. The molecular formula is C21H28N4OS. The second kappa shape index (κ2) is 7.57. The van der Waals surface area contributed by atoms with Crippen molar-refractivity contribution in [2.45, 2.75) is 50.1 Å². The van der Waals surface area contributed by atoms with Crippen molar-refractivity contribution in [3.8, 4) is 0 Å². The van der Waals surface area contributed by atoms with Crippen molar-refractivity contribution in [2.24, 2.45) is 5.92 Å². The van der Waals surface area contributed by atoms with Crippen LogP contribution < -0.4 is 0 Å². The van der Waals surface area contributed by atoms with E-state index >= 15 is 0 Å². The first-order chi connectivity index (χ1) is 13.3. The maximum absolute atomic E-state index is 5.51. The second-order valence-electron chi connectivity index (χ2n) is 8.35. The van der Waals surface area contributed by atoms with Gasteiger partial charge in [-0.05, 0) is 49.0 Å². The standard InChI is InChI=1S/C21H28N4OS/c1-27-14-20-22-21(26-23-20)13-25-11-15-6-7-18(25)12-24(10-15)19-8-16-4-2-3-5-17(16)9-19/h2-5,15,18-19H,6-14H2,1H3/t15-,18+/m0/s1. The Hall–Kier alpha value is -1.37. The van der Waals surface area contributed by atoms with Crippen LogP contribution in [0.25, 0.3) is 0 Å². The van der Waals surface area contributed by atoms with Crippen molar-refractivity contribution in [3.05, 3.63) is 47.1 Å². The predicted octanol–water partition coefficient (Wildman–Crippen LogP) is 3.00. The molecule has 6 rings (SSSR count). The van der Waals surface area contributed by atoms with Gasteiger partial charge in [-0.15, -0.1) is 0 Å². The highest BCUT2D eigenvalue weighted by Crippen LogP contribution is 2.33. The van der Waals surface area contributed by atoms with Crippen LogP contribution in [0.4, 0.5) is 0 Å². The smallest absolute Gasteiger partial charge is 0.240 e. The monoisotopic (exact) mass is 384 g/mol. The molecule has 5 nitrogen and oxygen atoms in total. The summed E-state index contributed by atoms with van der Waals surface area (Å²) in [5, 5.41) is 4.11. The summed E-state index contributed by atoms with van der Waals surface area (Å²) in [6.07, 6.45) is 7.17. The van der Waals surface area contributed by atoms with E-state index in [0.717, 1.165) is 29.9 Å². The summed E-state index contributed by atoms with van der Waals surface area (Å²) in [4.78, 5) is 9.97. The van der Waals surface area contributed by atoms with Crippen LogP contribution in [0.2, 0.25) is 0 Å². The number of hydrogen-bond acceptors (Lipinski definition) is 6. The lowest BCUT2D eigenvalue weighted by molar-refractivity contribution is 0.107. The van der Waals surface area contributed by atoms with E-state index in [0.29, 0.717) is 12.1 Å². The molecule has 1 aromatic heterocycles. The van der Waals surface area contributed by atoms with E-state index in [9.17, 15) is 0 Å². The number of rotatable bonds is 5. The fourth-order valence-corrected chi connectivity index (χ4v) is 5.59. The Bertz CT molecular complexity index is 769. The summed E-state index contributed by atoms with van der Waals surface area (Å²) in [5.41, 5.74) is 3.12. The van der Waals surface area contributed by atoms with E-state index in [1.54, 1.807) is 22.9 Å². The van der Waals surface area contributed by atoms with E-state index in [-0.39, 0.29) is 0 Å². The minimum atomic E-state index is 0.614. The molecule has 6 heteroatoms. The molecule has 2 bridgehead atoms. The Labute approximate surface area is 165 Å². The first-order valence-corrected chi connectivity index (χ1v) is 11.5. The highest BCUT2D eigenvalue weighted by atomic mass is 32.2. The lowest BCUT2D eigenvalue weighted by atomic mass is 9.95. The van der Waals surface area contributed by atoms with Gasteiger partial charge in [0, 0.05) is 31.7 Å². The number of fused-ring (bicyclic) bond motifs is 5. The van der Waals surface area contributed by atoms with Crippen molar-refractivity contribution in [1.29, 1.82) is 0 Å². The lowest BCUT2D eigenvalue weighted by Crippen LogP contribution is -2.44. The molecule has 27 heavy (non-hydrogen) atoms. The van der Waals surface area contributed by atoms with Crippen LogP contribution in [-0.2, 0) is 25.1 Å². The van der Waals surface area contributed by atoms with E-state index in [2.05, 4.69) is 50.5 Å². The minimum absolute atomic E-state index is 0.614. The normalized spacial score (nSPS) is 26.4. The van der Waals surface area contributed by atoms with Crippen LogP contribution in [-0.4, -0.2) is 57.9 Å². The van der Waals surface area contributed by atoms with E-state index in [1.807, 2.05) is 0 Å². The first-order valence-electron chi connectivity index (χ1n) is 10.1. The zero-order valence-corrected chi connectivity index (χ0v) is 16.8. The van der Waals surface area contributed by atoms with Crippen molar-refractivity contribution < 1.29 is 4.52 Å². The van der Waals surface area contributed by atoms with E-state index < -0.39 is 0 Å². The highest BCUT2D eigenvalue weighted by molar-refractivity contribution is 7.97. The van der Waals surface area contributed by atoms with Crippen molar-refractivity contribution in [3.63, 3.8) is 0 Å². The summed E-state index contributed by atoms with van der Waals surface area (Å²) in [6, 6.07) is 10.3. The van der Waals surface area contributed by atoms with Gasteiger partial charge in [0.2, 0.25) is 5.89 Å². The molecule has 3 saturated heterocycles. The van der Waals surface area contributed by atoms with Gasteiger partial charge in [-0.2, -0.15) is 16.7 Å². The first kappa shape index (κ1) is 17.7. The largest absolute Gasteiger partial charge is 0.338 e. The van der Waals surface area contributed by atoms with Gasteiger partial charge < -0.3 is 4.52 Å². The van der Waals surface area contributed by atoms with Crippen LogP contribution in [0.1, 0.15) is 35.7 Å². The molecule has 4 heterocycles. The number of piperidine rings is 1. The van der Waals surface area contributed by atoms with Gasteiger partial charge in [-0.3, -0.25) is 9.80 Å². The number of benzene rings is 1. The average molecular weight is 385 g/mol. The lowest BCUT2D eigenvalue weighted by Gasteiger charge is -2.35. The number of hydrogen-bond donors (Lipinski definition) is 0. The summed E-state index contributed by atoms with van der Waals surface area (Å²) in [6.45, 7) is 4.40. The molecule has 0 N–H and O–H groups in total. The van der Waals surface area contributed by atoms with Gasteiger partial charge in [-0.25, -0.2) is 0 Å². The zero-order valence-electron chi connectivity index (χ0n) is 16.0. The van der Waals surface area contributed by atoms with Crippen LogP contribution in [0.5, 0.6) is 0 Å². The van der Waals surface area contributed by atoms with Gasteiger partial charge >= 0.3 is 0 Å². The number of thioether (sulfide) groups is 1. The van der Waals surface area contributed by atoms with Crippen molar-refractivity contribution >= 4 is 11.8 Å². The predicted molar refractivity (Wildman–Crippen MR) is 108 cm³/mol. The fourth-order valence-electron chi connectivity index (χ4n) is 5.22. The maximum Gasteiger partial charge on any atom is 0.240 e. The molecule has 2 atom stereocenters.